The molecule has 1 amide bonds. The fraction of sp³-hybridized carbons (Fsp3) is 0.286. The minimum Gasteiger partial charge on any atom is -0.494 e. The highest BCUT2D eigenvalue weighted by Crippen LogP contribution is 2.30. The molecular formula is C28H27F3N2O4. The SMILES string of the molecule is O=C(NCc1cccc(C(F)(F)F)c1)[C@@]1(Cc2ccccc2)COC(c2ccc(OCCCO)cc2)=N1. The van der Waals surface area contributed by atoms with Gasteiger partial charge >= 0.3 is 6.18 Å². The van der Waals surface area contributed by atoms with E-state index in [9.17, 15) is 18.0 Å². The fourth-order valence-electron chi connectivity index (χ4n) is 3.97. The van der Waals surface area contributed by atoms with Crippen LogP contribution in [0.1, 0.15) is 28.7 Å². The monoisotopic (exact) mass is 512 g/mol. The van der Waals surface area contributed by atoms with Crippen LogP contribution in [0.2, 0.25) is 0 Å². The number of halogens is 3. The molecule has 1 aliphatic rings. The van der Waals surface area contributed by atoms with Crippen LogP contribution in [-0.4, -0.2) is 42.3 Å². The lowest BCUT2D eigenvalue weighted by molar-refractivity contribution is -0.137. The van der Waals surface area contributed by atoms with Crippen LogP contribution in [0, 0.1) is 0 Å². The lowest BCUT2D eigenvalue weighted by atomic mass is 9.91. The first kappa shape index (κ1) is 26.2. The van der Waals surface area contributed by atoms with Crippen molar-refractivity contribution in [3.05, 3.63) is 101 Å². The van der Waals surface area contributed by atoms with E-state index in [4.69, 9.17) is 14.6 Å². The highest BCUT2D eigenvalue weighted by atomic mass is 19.4. The van der Waals surface area contributed by atoms with Crippen molar-refractivity contribution in [1.82, 2.24) is 5.32 Å². The molecule has 1 heterocycles. The maximum absolute atomic E-state index is 13.4. The van der Waals surface area contributed by atoms with Gasteiger partial charge in [0.2, 0.25) is 5.90 Å². The molecule has 0 spiro atoms. The van der Waals surface area contributed by atoms with Gasteiger partial charge in [-0.2, -0.15) is 13.2 Å². The Balaban J connectivity index is 1.54. The van der Waals surface area contributed by atoms with Gasteiger partial charge in [0.05, 0.1) is 12.2 Å². The van der Waals surface area contributed by atoms with Crippen LogP contribution in [0.3, 0.4) is 0 Å². The quantitative estimate of drug-likeness (QED) is 0.391. The lowest BCUT2D eigenvalue weighted by Crippen LogP contribution is -2.48. The number of ether oxygens (including phenoxy) is 2. The summed E-state index contributed by atoms with van der Waals surface area (Å²) >= 11 is 0. The Hall–Kier alpha value is -3.85. The van der Waals surface area contributed by atoms with Gasteiger partial charge in [0.1, 0.15) is 12.4 Å². The van der Waals surface area contributed by atoms with Gasteiger partial charge in [-0.05, 0) is 47.5 Å². The second kappa shape index (κ2) is 11.5. The molecule has 0 aliphatic carbocycles. The highest BCUT2D eigenvalue weighted by Gasteiger charge is 2.44. The van der Waals surface area contributed by atoms with Crippen molar-refractivity contribution in [3.63, 3.8) is 0 Å². The van der Waals surface area contributed by atoms with Crippen molar-refractivity contribution in [2.75, 3.05) is 19.8 Å². The van der Waals surface area contributed by atoms with Gasteiger partial charge in [0, 0.05) is 31.6 Å². The van der Waals surface area contributed by atoms with Crippen LogP contribution in [0.4, 0.5) is 13.2 Å². The molecule has 0 fully saturated rings. The molecule has 0 unspecified atom stereocenters. The van der Waals surface area contributed by atoms with E-state index in [1.165, 1.54) is 12.1 Å². The number of nitrogens with one attached hydrogen (secondary N) is 1. The van der Waals surface area contributed by atoms with E-state index in [2.05, 4.69) is 10.3 Å². The van der Waals surface area contributed by atoms with Crippen molar-refractivity contribution in [2.45, 2.75) is 31.1 Å². The number of hydrogen-bond donors (Lipinski definition) is 2. The maximum Gasteiger partial charge on any atom is 0.416 e. The maximum atomic E-state index is 13.4. The number of nitrogens with zero attached hydrogens (tertiary/aromatic N) is 1. The minimum atomic E-state index is -4.47. The van der Waals surface area contributed by atoms with Crippen molar-refractivity contribution in [3.8, 4) is 5.75 Å². The zero-order valence-corrected chi connectivity index (χ0v) is 20.0. The number of aliphatic imine (C=N–C) groups is 1. The van der Waals surface area contributed by atoms with Crippen LogP contribution in [0.25, 0.3) is 0 Å². The molecule has 3 aromatic carbocycles. The number of rotatable bonds is 10. The molecular weight excluding hydrogens is 485 g/mol. The second-order valence-electron chi connectivity index (χ2n) is 8.73. The Morgan fingerprint density at radius 3 is 2.46 bits per heavy atom. The molecule has 3 aromatic rings. The van der Waals surface area contributed by atoms with Crippen LogP contribution >= 0.6 is 0 Å². The molecule has 6 nitrogen and oxygen atoms in total. The third-order valence-corrected chi connectivity index (χ3v) is 5.91. The molecule has 0 saturated heterocycles. The number of carbonyl (C=O) groups excluding carboxylic acids is 1. The Bertz CT molecular complexity index is 1230. The normalized spacial score (nSPS) is 17.1. The average Bonchev–Trinajstić information content (AvgIpc) is 3.33. The summed E-state index contributed by atoms with van der Waals surface area (Å²) in [5, 5.41) is 11.6. The molecule has 37 heavy (non-hydrogen) atoms. The lowest BCUT2D eigenvalue weighted by Gasteiger charge is -2.23. The zero-order valence-electron chi connectivity index (χ0n) is 20.0. The van der Waals surface area contributed by atoms with Crippen molar-refractivity contribution in [1.29, 1.82) is 0 Å². The van der Waals surface area contributed by atoms with E-state index in [-0.39, 0.29) is 26.2 Å². The summed E-state index contributed by atoms with van der Waals surface area (Å²) in [5.41, 5.74) is -0.188. The van der Waals surface area contributed by atoms with Crippen molar-refractivity contribution in [2.24, 2.45) is 4.99 Å². The Labute approximate surface area is 212 Å². The van der Waals surface area contributed by atoms with Gasteiger partial charge in [0.25, 0.3) is 5.91 Å². The number of amides is 1. The van der Waals surface area contributed by atoms with Crippen LogP contribution < -0.4 is 10.1 Å². The number of aliphatic hydroxyl groups is 1. The zero-order chi connectivity index (χ0) is 26.3. The third kappa shape index (κ3) is 6.68. The number of hydrogen-bond acceptors (Lipinski definition) is 5. The topological polar surface area (TPSA) is 80.2 Å². The van der Waals surface area contributed by atoms with Crippen LogP contribution in [0.15, 0.2) is 83.9 Å². The molecule has 4 rings (SSSR count). The van der Waals surface area contributed by atoms with E-state index in [0.717, 1.165) is 17.7 Å². The van der Waals surface area contributed by atoms with E-state index < -0.39 is 23.2 Å². The summed E-state index contributed by atoms with van der Waals surface area (Å²) in [6.45, 7) is 0.339. The first-order chi connectivity index (χ1) is 17.8. The van der Waals surface area contributed by atoms with Crippen molar-refractivity contribution >= 4 is 11.8 Å². The Morgan fingerprint density at radius 1 is 1.03 bits per heavy atom. The predicted molar refractivity (Wildman–Crippen MR) is 132 cm³/mol. The summed E-state index contributed by atoms with van der Waals surface area (Å²) < 4.78 is 50.7. The van der Waals surface area contributed by atoms with Gasteiger partial charge < -0.3 is 19.9 Å². The number of aliphatic hydroxyl groups excluding tert-OH is 1. The summed E-state index contributed by atoms with van der Waals surface area (Å²) in [6, 6.07) is 21.3. The Kier molecular flexibility index (Phi) is 8.13. The average molecular weight is 513 g/mol. The third-order valence-electron chi connectivity index (χ3n) is 5.91. The molecule has 0 radical (unpaired) electrons. The largest absolute Gasteiger partial charge is 0.494 e. The molecule has 0 aromatic heterocycles. The van der Waals surface area contributed by atoms with Gasteiger partial charge in [-0.15, -0.1) is 0 Å². The number of alkyl halides is 3. The fourth-order valence-corrected chi connectivity index (χ4v) is 3.97. The molecule has 2 N–H and O–H groups in total. The number of carbonyl (C=O) groups is 1. The smallest absolute Gasteiger partial charge is 0.416 e. The van der Waals surface area contributed by atoms with Crippen LogP contribution in [0.5, 0.6) is 5.75 Å². The minimum absolute atomic E-state index is 0.0135. The molecule has 194 valence electrons. The molecule has 9 heteroatoms. The van der Waals surface area contributed by atoms with E-state index in [1.807, 2.05) is 30.3 Å². The predicted octanol–water partition coefficient (Wildman–Crippen LogP) is 4.54. The molecule has 1 atom stereocenters. The highest BCUT2D eigenvalue weighted by molar-refractivity contribution is 6.00. The first-order valence-corrected chi connectivity index (χ1v) is 11.8. The van der Waals surface area contributed by atoms with E-state index >= 15 is 0 Å². The van der Waals surface area contributed by atoms with Crippen LogP contribution in [-0.2, 0) is 28.7 Å². The summed E-state index contributed by atoms with van der Waals surface area (Å²) in [4.78, 5) is 18.1. The van der Waals surface area contributed by atoms with Gasteiger partial charge in [0.15, 0.2) is 5.54 Å². The number of benzene rings is 3. The standard InChI is InChI=1S/C28H27F3N2O4/c29-28(30,31)23-9-4-8-21(16-23)18-32-26(35)27(17-20-6-2-1-3-7-20)19-37-25(33-27)22-10-12-24(13-11-22)36-15-5-14-34/h1-4,6-13,16,34H,5,14-15,17-19H2,(H,32,35)/t27-/m1/s1. The molecule has 0 saturated carbocycles. The van der Waals surface area contributed by atoms with Gasteiger partial charge in [-0.3, -0.25) is 4.79 Å². The van der Waals surface area contributed by atoms with Gasteiger partial charge in [-0.25, -0.2) is 4.99 Å². The molecule has 1 aliphatic heterocycles. The summed E-state index contributed by atoms with van der Waals surface area (Å²) in [7, 11) is 0. The van der Waals surface area contributed by atoms with Gasteiger partial charge in [-0.1, -0.05) is 42.5 Å². The summed E-state index contributed by atoms with van der Waals surface area (Å²) in [6.07, 6.45) is -3.68. The summed E-state index contributed by atoms with van der Waals surface area (Å²) in [5.74, 6) is 0.491. The first-order valence-electron chi connectivity index (χ1n) is 11.8. The van der Waals surface area contributed by atoms with E-state index in [1.54, 1.807) is 24.3 Å². The Morgan fingerprint density at radius 2 is 1.76 bits per heavy atom. The molecule has 0 bridgehead atoms. The van der Waals surface area contributed by atoms with E-state index in [0.29, 0.717) is 35.8 Å². The van der Waals surface area contributed by atoms with Crippen molar-refractivity contribution < 1.29 is 32.5 Å². The second-order valence-corrected chi connectivity index (χ2v) is 8.73.